The van der Waals surface area contributed by atoms with Crippen molar-refractivity contribution in [2.45, 2.75) is 65.4 Å². The first-order valence-electron chi connectivity index (χ1n) is 12.1. The molecule has 1 aliphatic carbocycles. The van der Waals surface area contributed by atoms with Gasteiger partial charge in [0.25, 0.3) is 0 Å². The summed E-state index contributed by atoms with van der Waals surface area (Å²) in [7, 11) is 0. The number of carbonyl (C=O) groups is 2. The molecule has 6 nitrogen and oxygen atoms in total. The van der Waals surface area contributed by atoms with Gasteiger partial charge in [-0.15, -0.1) is 0 Å². The third kappa shape index (κ3) is 4.67. The first-order valence-corrected chi connectivity index (χ1v) is 12.4. The van der Waals surface area contributed by atoms with Crippen molar-refractivity contribution in [3.63, 3.8) is 0 Å². The van der Waals surface area contributed by atoms with E-state index >= 15 is 0 Å². The molecule has 0 spiro atoms. The van der Waals surface area contributed by atoms with Gasteiger partial charge in [-0.2, -0.15) is 0 Å². The lowest BCUT2D eigenvalue weighted by Crippen LogP contribution is -2.60. The fraction of sp³-hybridized carbons (Fsp3) is 0.692. The van der Waals surface area contributed by atoms with E-state index in [2.05, 4.69) is 0 Å². The molecule has 1 aliphatic heterocycles. The van der Waals surface area contributed by atoms with Gasteiger partial charge in [0.2, 0.25) is 11.8 Å². The van der Waals surface area contributed by atoms with Crippen LogP contribution in [0, 0.1) is 28.6 Å². The Labute approximate surface area is 202 Å². The van der Waals surface area contributed by atoms with Gasteiger partial charge in [0.1, 0.15) is 0 Å². The van der Waals surface area contributed by atoms with Crippen molar-refractivity contribution >= 4 is 23.4 Å². The number of likely N-dealkylation sites (tertiary alicyclic amines) is 1. The van der Waals surface area contributed by atoms with E-state index in [0.29, 0.717) is 43.8 Å². The Morgan fingerprint density at radius 1 is 1.21 bits per heavy atom. The molecular formula is C26H39ClN2O4. The zero-order valence-electron chi connectivity index (χ0n) is 20.3. The molecule has 7 heteroatoms. The fourth-order valence-electron chi connectivity index (χ4n) is 6.40. The Bertz CT molecular complexity index is 872. The van der Waals surface area contributed by atoms with Crippen LogP contribution in [0.5, 0.6) is 0 Å². The van der Waals surface area contributed by atoms with E-state index in [9.17, 15) is 19.8 Å². The van der Waals surface area contributed by atoms with E-state index in [1.807, 2.05) is 44.7 Å². The van der Waals surface area contributed by atoms with Crippen LogP contribution in [0.25, 0.3) is 0 Å². The van der Waals surface area contributed by atoms with Crippen molar-refractivity contribution in [1.82, 2.24) is 4.90 Å². The minimum Gasteiger partial charge on any atom is -0.396 e. The third-order valence-corrected chi connectivity index (χ3v) is 8.54. The number of benzene rings is 1. The number of nitrogens with zero attached hydrogens (tertiary/aromatic N) is 1. The molecule has 0 bridgehead atoms. The lowest BCUT2D eigenvalue weighted by atomic mass is 9.64. The Balaban J connectivity index is 1.87. The standard InChI is InChI=1S/C26H39ClN2O4/c1-17(2)21(25(23(28)32)11-9-18(15-25)10-14-30)22(31)29-13-12-26(33,24(3,4)16-29)19-5-7-20(27)8-6-19/h5-8,17-18,21,30,33H,9-16H2,1-4H3,(H2,28,32)/t18?,21-,25?,26-/m0/s1. The quantitative estimate of drug-likeness (QED) is 0.555. The highest BCUT2D eigenvalue weighted by molar-refractivity contribution is 6.30. The molecule has 184 valence electrons. The first kappa shape index (κ1) is 26.0. The average molecular weight is 479 g/mol. The summed E-state index contributed by atoms with van der Waals surface area (Å²) < 4.78 is 0. The molecule has 1 aromatic carbocycles. The van der Waals surface area contributed by atoms with Crippen molar-refractivity contribution in [3.8, 4) is 0 Å². The number of halogens is 1. The Hall–Kier alpha value is -1.63. The van der Waals surface area contributed by atoms with Crippen LogP contribution in [-0.2, 0) is 15.2 Å². The summed E-state index contributed by atoms with van der Waals surface area (Å²) in [6.45, 7) is 8.76. The van der Waals surface area contributed by atoms with Gasteiger partial charge in [-0.3, -0.25) is 9.59 Å². The van der Waals surface area contributed by atoms with Crippen LogP contribution in [0.1, 0.15) is 65.4 Å². The number of amides is 2. The highest BCUT2D eigenvalue weighted by Gasteiger charge is 2.56. The molecule has 2 aliphatic rings. The van der Waals surface area contributed by atoms with Gasteiger partial charge in [0.05, 0.1) is 16.9 Å². The van der Waals surface area contributed by atoms with Crippen LogP contribution in [0.4, 0.5) is 0 Å². The predicted octanol–water partition coefficient (Wildman–Crippen LogP) is 3.71. The number of rotatable bonds is 7. The van der Waals surface area contributed by atoms with Gasteiger partial charge in [-0.05, 0) is 61.6 Å². The van der Waals surface area contributed by atoms with Crippen molar-refractivity contribution in [1.29, 1.82) is 0 Å². The molecule has 2 amide bonds. The second-order valence-corrected chi connectivity index (χ2v) is 11.6. The van der Waals surface area contributed by atoms with Crippen LogP contribution in [0.15, 0.2) is 24.3 Å². The van der Waals surface area contributed by atoms with Crippen LogP contribution < -0.4 is 5.73 Å². The topological polar surface area (TPSA) is 104 Å². The van der Waals surface area contributed by atoms with Gasteiger partial charge in [0.15, 0.2) is 0 Å². The van der Waals surface area contributed by atoms with Crippen molar-refractivity contribution < 1.29 is 19.8 Å². The Kier molecular flexibility index (Phi) is 7.52. The molecular weight excluding hydrogens is 440 g/mol. The predicted molar refractivity (Wildman–Crippen MR) is 129 cm³/mol. The molecule has 2 unspecified atom stereocenters. The maximum Gasteiger partial charge on any atom is 0.227 e. The Morgan fingerprint density at radius 2 is 1.85 bits per heavy atom. The third-order valence-electron chi connectivity index (χ3n) is 8.29. The van der Waals surface area contributed by atoms with Crippen molar-refractivity contribution in [2.75, 3.05) is 19.7 Å². The second-order valence-electron chi connectivity index (χ2n) is 11.1. The summed E-state index contributed by atoms with van der Waals surface area (Å²) in [5.41, 5.74) is 4.16. The van der Waals surface area contributed by atoms with Gasteiger partial charge in [0, 0.05) is 30.1 Å². The van der Waals surface area contributed by atoms with E-state index in [0.717, 1.165) is 12.0 Å². The number of carbonyl (C=O) groups excluding carboxylic acids is 2. The van der Waals surface area contributed by atoms with Gasteiger partial charge in [-0.25, -0.2) is 0 Å². The smallest absolute Gasteiger partial charge is 0.227 e. The highest BCUT2D eigenvalue weighted by atomic mass is 35.5. The second kappa shape index (κ2) is 9.55. The normalized spacial score (nSPS) is 30.4. The van der Waals surface area contributed by atoms with Gasteiger partial charge < -0.3 is 20.8 Å². The molecule has 4 N–H and O–H groups in total. The SMILES string of the molecule is CC(C)[C@@H](C(=O)N1CC[C@](O)(c2ccc(Cl)cc2)C(C)(C)C1)C1(C(N)=O)CCC(CCO)C1. The summed E-state index contributed by atoms with van der Waals surface area (Å²) in [5, 5.41) is 21.7. The minimum absolute atomic E-state index is 0.0559. The molecule has 0 radical (unpaired) electrons. The maximum absolute atomic E-state index is 14.0. The van der Waals surface area contributed by atoms with E-state index in [-0.39, 0.29) is 24.3 Å². The molecule has 4 atom stereocenters. The summed E-state index contributed by atoms with van der Waals surface area (Å²) in [6, 6.07) is 7.24. The number of piperidine rings is 1. The van der Waals surface area contributed by atoms with Crippen molar-refractivity contribution in [3.05, 3.63) is 34.9 Å². The monoisotopic (exact) mass is 478 g/mol. The zero-order chi connectivity index (χ0) is 24.6. The first-order chi connectivity index (χ1) is 15.4. The van der Waals surface area contributed by atoms with E-state index in [1.165, 1.54) is 0 Å². The number of aliphatic hydroxyl groups is 2. The highest BCUT2D eigenvalue weighted by Crippen LogP contribution is 2.52. The summed E-state index contributed by atoms with van der Waals surface area (Å²) in [4.78, 5) is 28.6. The fourth-order valence-corrected chi connectivity index (χ4v) is 6.52. The van der Waals surface area contributed by atoms with E-state index in [1.54, 1.807) is 12.1 Å². The number of hydrogen-bond donors (Lipinski definition) is 3. The Morgan fingerprint density at radius 3 is 2.36 bits per heavy atom. The molecule has 0 aromatic heterocycles. The zero-order valence-corrected chi connectivity index (χ0v) is 21.1. The van der Waals surface area contributed by atoms with Crippen LogP contribution in [0.3, 0.4) is 0 Å². The average Bonchev–Trinajstić information content (AvgIpc) is 3.15. The number of primary amides is 1. The molecule has 1 saturated heterocycles. The van der Waals surface area contributed by atoms with Crippen LogP contribution >= 0.6 is 11.6 Å². The summed E-state index contributed by atoms with van der Waals surface area (Å²) in [6.07, 6.45) is 2.94. The molecule has 33 heavy (non-hydrogen) atoms. The molecule has 2 fully saturated rings. The summed E-state index contributed by atoms with van der Waals surface area (Å²) >= 11 is 6.04. The maximum atomic E-state index is 14.0. The molecule has 3 rings (SSSR count). The van der Waals surface area contributed by atoms with E-state index in [4.69, 9.17) is 17.3 Å². The van der Waals surface area contributed by atoms with Crippen LogP contribution in [-0.4, -0.2) is 46.6 Å². The van der Waals surface area contributed by atoms with Crippen LogP contribution in [0.2, 0.25) is 5.02 Å². The largest absolute Gasteiger partial charge is 0.396 e. The molecule has 1 aromatic rings. The van der Waals surface area contributed by atoms with E-state index < -0.39 is 28.3 Å². The lowest BCUT2D eigenvalue weighted by Gasteiger charge is -2.52. The summed E-state index contributed by atoms with van der Waals surface area (Å²) in [5.74, 6) is -0.845. The van der Waals surface area contributed by atoms with Gasteiger partial charge >= 0.3 is 0 Å². The number of hydrogen-bond acceptors (Lipinski definition) is 4. The molecule has 1 saturated carbocycles. The minimum atomic E-state index is -1.09. The number of nitrogens with two attached hydrogens (primary N) is 1. The lowest BCUT2D eigenvalue weighted by molar-refractivity contribution is -0.164. The molecule has 1 heterocycles. The van der Waals surface area contributed by atoms with Crippen molar-refractivity contribution in [2.24, 2.45) is 34.3 Å². The van der Waals surface area contributed by atoms with Gasteiger partial charge in [-0.1, -0.05) is 51.4 Å². The number of aliphatic hydroxyl groups excluding tert-OH is 1.